The molecule has 3 rings (SSSR count). The molecule has 124 valence electrons. The SMILES string of the molecule is O=C(O)c1ccc(CSc2n[nH]c(COc3ccccc3F)n2)o1. The van der Waals surface area contributed by atoms with Gasteiger partial charge < -0.3 is 14.3 Å². The summed E-state index contributed by atoms with van der Waals surface area (Å²) in [7, 11) is 0. The molecule has 0 radical (unpaired) electrons. The van der Waals surface area contributed by atoms with E-state index in [1.165, 1.54) is 30.0 Å². The van der Waals surface area contributed by atoms with Crippen LogP contribution in [-0.2, 0) is 12.4 Å². The molecule has 0 saturated heterocycles. The Morgan fingerprint density at radius 3 is 2.92 bits per heavy atom. The third kappa shape index (κ3) is 3.93. The molecule has 1 aromatic carbocycles. The van der Waals surface area contributed by atoms with Crippen LogP contribution in [0.3, 0.4) is 0 Å². The number of benzene rings is 1. The number of nitrogens with zero attached hydrogens (tertiary/aromatic N) is 2. The van der Waals surface area contributed by atoms with Crippen molar-refractivity contribution in [3.63, 3.8) is 0 Å². The van der Waals surface area contributed by atoms with Gasteiger partial charge in [0.25, 0.3) is 0 Å². The first-order valence-corrected chi connectivity index (χ1v) is 7.84. The number of carbonyl (C=O) groups is 1. The predicted molar refractivity (Wildman–Crippen MR) is 82.3 cm³/mol. The van der Waals surface area contributed by atoms with Crippen molar-refractivity contribution >= 4 is 17.7 Å². The fraction of sp³-hybridized carbons (Fsp3) is 0.133. The van der Waals surface area contributed by atoms with E-state index in [1.54, 1.807) is 18.2 Å². The zero-order valence-electron chi connectivity index (χ0n) is 12.2. The van der Waals surface area contributed by atoms with E-state index in [9.17, 15) is 9.18 Å². The van der Waals surface area contributed by atoms with Gasteiger partial charge in [0, 0.05) is 0 Å². The van der Waals surface area contributed by atoms with Crippen LogP contribution < -0.4 is 4.74 Å². The summed E-state index contributed by atoms with van der Waals surface area (Å²) in [6, 6.07) is 9.07. The number of nitrogens with one attached hydrogen (secondary N) is 1. The molecule has 2 heterocycles. The number of thioether (sulfide) groups is 1. The summed E-state index contributed by atoms with van der Waals surface area (Å²) in [5, 5.41) is 15.9. The number of hydrogen-bond donors (Lipinski definition) is 2. The van der Waals surface area contributed by atoms with Crippen LogP contribution in [-0.4, -0.2) is 26.3 Å². The van der Waals surface area contributed by atoms with E-state index in [0.29, 0.717) is 22.5 Å². The van der Waals surface area contributed by atoms with E-state index in [2.05, 4.69) is 15.2 Å². The molecule has 0 unspecified atom stereocenters. The second-order valence-electron chi connectivity index (χ2n) is 4.64. The van der Waals surface area contributed by atoms with Crippen LogP contribution in [0.4, 0.5) is 4.39 Å². The molecule has 7 nitrogen and oxygen atoms in total. The van der Waals surface area contributed by atoms with Crippen molar-refractivity contribution in [1.29, 1.82) is 0 Å². The molecule has 0 spiro atoms. The molecule has 0 aliphatic heterocycles. The van der Waals surface area contributed by atoms with Crippen LogP contribution in [0.1, 0.15) is 22.1 Å². The quantitative estimate of drug-likeness (QED) is 0.632. The number of aromatic amines is 1. The number of para-hydroxylation sites is 1. The van der Waals surface area contributed by atoms with Gasteiger partial charge in [-0.15, -0.1) is 5.10 Å². The van der Waals surface area contributed by atoms with Crippen LogP contribution in [0.2, 0.25) is 0 Å². The van der Waals surface area contributed by atoms with Crippen molar-refractivity contribution in [2.24, 2.45) is 0 Å². The van der Waals surface area contributed by atoms with Gasteiger partial charge in [-0.25, -0.2) is 14.2 Å². The van der Waals surface area contributed by atoms with Gasteiger partial charge in [-0.2, -0.15) is 0 Å². The topological polar surface area (TPSA) is 101 Å². The number of H-pyrrole nitrogens is 1. The number of furan rings is 1. The Bertz CT molecular complexity index is 849. The summed E-state index contributed by atoms with van der Waals surface area (Å²) in [6.07, 6.45) is 0. The lowest BCUT2D eigenvalue weighted by atomic mass is 10.3. The molecule has 0 amide bonds. The largest absolute Gasteiger partial charge is 0.483 e. The minimum absolute atomic E-state index is 0.0540. The van der Waals surface area contributed by atoms with Gasteiger partial charge in [-0.1, -0.05) is 23.9 Å². The maximum absolute atomic E-state index is 13.4. The monoisotopic (exact) mass is 349 g/mol. The highest BCUT2D eigenvalue weighted by Gasteiger charge is 2.11. The van der Waals surface area contributed by atoms with Gasteiger partial charge >= 0.3 is 5.97 Å². The predicted octanol–water partition coefficient (Wildman–Crippen LogP) is 3.11. The molecule has 24 heavy (non-hydrogen) atoms. The Hall–Kier alpha value is -2.81. The number of hydrogen-bond acceptors (Lipinski definition) is 6. The average Bonchev–Trinajstić information content (AvgIpc) is 3.21. The van der Waals surface area contributed by atoms with Gasteiger partial charge in [-0.3, -0.25) is 5.10 Å². The fourth-order valence-electron chi connectivity index (χ4n) is 1.82. The number of halogens is 1. The molecule has 2 aromatic heterocycles. The minimum Gasteiger partial charge on any atom is -0.483 e. The molecule has 3 aromatic rings. The number of aromatic nitrogens is 3. The van der Waals surface area contributed by atoms with Crippen molar-refractivity contribution in [3.05, 3.63) is 59.6 Å². The normalized spacial score (nSPS) is 10.7. The number of ether oxygens (including phenoxy) is 1. The maximum Gasteiger partial charge on any atom is 0.371 e. The number of rotatable bonds is 7. The van der Waals surface area contributed by atoms with Crippen LogP contribution in [0.15, 0.2) is 46.0 Å². The van der Waals surface area contributed by atoms with Crippen molar-refractivity contribution in [2.45, 2.75) is 17.5 Å². The van der Waals surface area contributed by atoms with E-state index in [0.717, 1.165) is 0 Å². The van der Waals surface area contributed by atoms with Crippen LogP contribution >= 0.6 is 11.8 Å². The van der Waals surface area contributed by atoms with E-state index < -0.39 is 11.8 Å². The van der Waals surface area contributed by atoms with E-state index in [-0.39, 0.29) is 18.1 Å². The Kier molecular flexibility index (Phi) is 4.80. The van der Waals surface area contributed by atoms with Gasteiger partial charge in [0.15, 0.2) is 17.4 Å². The average molecular weight is 349 g/mol. The number of aromatic carboxylic acids is 1. The maximum atomic E-state index is 13.4. The summed E-state index contributed by atoms with van der Waals surface area (Å²) < 4.78 is 23.9. The lowest BCUT2D eigenvalue weighted by molar-refractivity contribution is 0.0661. The third-order valence-corrected chi connectivity index (χ3v) is 3.80. The first-order chi connectivity index (χ1) is 11.6. The highest BCUT2D eigenvalue weighted by atomic mass is 32.2. The number of carboxylic acids is 1. The fourth-order valence-corrected chi connectivity index (χ4v) is 2.53. The van der Waals surface area contributed by atoms with Crippen molar-refractivity contribution in [1.82, 2.24) is 15.2 Å². The lowest BCUT2D eigenvalue weighted by Gasteiger charge is -2.03. The van der Waals surface area contributed by atoms with E-state index in [4.69, 9.17) is 14.3 Å². The van der Waals surface area contributed by atoms with Crippen LogP contribution in [0.5, 0.6) is 5.75 Å². The molecule has 0 bridgehead atoms. The van der Waals surface area contributed by atoms with E-state index >= 15 is 0 Å². The van der Waals surface area contributed by atoms with Crippen molar-refractivity contribution < 1.29 is 23.4 Å². The molecule has 9 heteroatoms. The lowest BCUT2D eigenvalue weighted by Crippen LogP contribution is -1.99. The van der Waals surface area contributed by atoms with Crippen LogP contribution in [0.25, 0.3) is 0 Å². The summed E-state index contributed by atoms with van der Waals surface area (Å²) in [5.41, 5.74) is 0. The second kappa shape index (κ2) is 7.18. The van der Waals surface area contributed by atoms with Gasteiger partial charge in [-0.05, 0) is 24.3 Å². The van der Waals surface area contributed by atoms with Gasteiger partial charge in [0.2, 0.25) is 10.9 Å². The summed E-state index contributed by atoms with van der Waals surface area (Å²) in [6.45, 7) is 0.0540. The molecular formula is C15H12FN3O4S. The molecule has 0 aliphatic carbocycles. The Balaban J connectivity index is 1.53. The van der Waals surface area contributed by atoms with Crippen LogP contribution in [0, 0.1) is 5.82 Å². The molecule has 2 N–H and O–H groups in total. The highest BCUT2D eigenvalue weighted by Crippen LogP contribution is 2.21. The Morgan fingerprint density at radius 1 is 1.33 bits per heavy atom. The molecular weight excluding hydrogens is 337 g/mol. The molecule has 0 aliphatic rings. The zero-order chi connectivity index (χ0) is 16.9. The first-order valence-electron chi connectivity index (χ1n) is 6.85. The minimum atomic E-state index is -1.11. The molecule has 0 atom stereocenters. The standard InChI is InChI=1S/C15H12FN3O4S/c16-10-3-1-2-4-11(10)22-7-13-17-15(19-18-13)24-8-9-5-6-12(23-9)14(20)21/h1-6H,7-8H2,(H,20,21)(H,17,18,19). The summed E-state index contributed by atoms with van der Waals surface area (Å²) in [4.78, 5) is 14.9. The van der Waals surface area contributed by atoms with E-state index in [1.807, 2.05) is 0 Å². The Morgan fingerprint density at radius 2 is 2.17 bits per heavy atom. The number of carboxylic acid groups (broad SMARTS) is 1. The van der Waals surface area contributed by atoms with Crippen molar-refractivity contribution in [2.75, 3.05) is 0 Å². The third-order valence-electron chi connectivity index (χ3n) is 2.93. The second-order valence-corrected chi connectivity index (χ2v) is 5.59. The van der Waals surface area contributed by atoms with Crippen molar-refractivity contribution in [3.8, 4) is 5.75 Å². The highest BCUT2D eigenvalue weighted by molar-refractivity contribution is 7.98. The Labute approximate surface area is 139 Å². The molecule has 0 saturated carbocycles. The zero-order valence-corrected chi connectivity index (χ0v) is 13.0. The smallest absolute Gasteiger partial charge is 0.371 e. The van der Waals surface area contributed by atoms with Gasteiger partial charge in [0.1, 0.15) is 12.4 Å². The van der Waals surface area contributed by atoms with Gasteiger partial charge in [0.05, 0.1) is 5.75 Å². The summed E-state index contributed by atoms with van der Waals surface area (Å²) >= 11 is 1.27. The molecule has 0 fully saturated rings. The summed E-state index contributed by atoms with van der Waals surface area (Å²) in [5.74, 6) is -0.189. The first kappa shape index (κ1) is 16.1.